The number of rotatable bonds is 8. The molecule has 0 atom stereocenters. The normalized spacial score (nSPS) is 15.7. The van der Waals surface area contributed by atoms with E-state index in [1.165, 1.54) is 11.1 Å². The van der Waals surface area contributed by atoms with Gasteiger partial charge < -0.3 is 10.2 Å². The molecule has 0 aromatic heterocycles. The lowest BCUT2D eigenvalue weighted by Crippen LogP contribution is -2.47. The lowest BCUT2D eigenvalue weighted by atomic mass is 10.0. The Labute approximate surface area is 186 Å². The van der Waals surface area contributed by atoms with Crippen LogP contribution in [-0.2, 0) is 35.2 Å². The number of nitrogens with zero attached hydrogens (tertiary/aromatic N) is 2. The summed E-state index contributed by atoms with van der Waals surface area (Å²) in [4.78, 5) is 14.7. The van der Waals surface area contributed by atoms with E-state index in [4.69, 9.17) is 0 Å². The molecular formula is C24H33N3O3S. The highest BCUT2D eigenvalue weighted by molar-refractivity contribution is 7.88. The van der Waals surface area contributed by atoms with Crippen molar-refractivity contribution in [1.29, 1.82) is 0 Å². The van der Waals surface area contributed by atoms with Gasteiger partial charge in [0.1, 0.15) is 0 Å². The van der Waals surface area contributed by atoms with E-state index in [2.05, 4.69) is 42.3 Å². The Hall–Kier alpha value is -2.22. The zero-order valence-corrected chi connectivity index (χ0v) is 19.5. The van der Waals surface area contributed by atoms with Crippen LogP contribution < -0.4 is 5.32 Å². The lowest BCUT2D eigenvalue weighted by molar-refractivity contribution is 0.0951. The first-order valence-electron chi connectivity index (χ1n) is 11.0. The Bertz CT molecular complexity index is 995. The molecule has 0 radical (unpaired) electrons. The number of amides is 1. The molecule has 0 bridgehead atoms. The maximum atomic E-state index is 12.7. The van der Waals surface area contributed by atoms with Crippen LogP contribution in [0.1, 0.15) is 46.5 Å². The number of benzene rings is 2. The van der Waals surface area contributed by atoms with Crippen molar-refractivity contribution in [2.45, 2.75) is 39.0 Å². The molecule has 1 fully saturated rings. The van der Waals surface area contributed by atoms with Gasteiger partial charge in [-0.2, -0.15) is 4.31 Å². The van der Waals surface area contributed by atoms with E-state index in [0.29, 0.717) is 30.8 Å². The van der Waals surface area contributed by atoms with Gasteiger partial charge in [0.15, 0.2) is 0 Å². The molecule has 168 valence electrons. The summed E-state index contributed by atoms with van der Waals surface area (Å²) in [7, 11) is -1.35. The molecule has 6 nitrogen and oxygen atoms in total. The van der Waals surface area contributed by atoms with Crippen molar-refractivity contribution in [3.8, 4) is 0 Å². The fourth-order valence-electron chi connectivity index (χ4n) is 3.81. The Morgan fingerprint density at radius 1 is 0.903 bits per heavy atom. The van der Waals surface area contributed by atoms with Crippen molar-refractivity contribution < 1.29 is 13.2 Å². The van der Waals surface area contributed by atoms with Gasteiger partial charge in [0.2, 0.25) is 10.0 Å². The van der Waals surface area contributed by atoms with Gasteiger partial charge in [-0.25, -0.2) is 8.42 Å². The second kappa shape index (κ2) is 10.4. The average Bonchev–Trinajstić information content (AvgIpc) is 2.77. The monoisotopic (exact) mass is 443 g/mol. The molecule has 31 heavy (non-hydrogen) atoms. The molecule has 1 N–H and O–H groups in total. The van der Waals surface area contributed by atoms with Crippen molar-refractivity contribution in [2.75, 3.05) is 33.2 Å². The van der Waals surface area contributed by atoms with Crippen LogP contribution in [0.15, 0.2) is 42.5 Å². The van der Waals surface area contributed by atoms with Crippen molar-refractivity contribution >= 4 is 15.9 Å². The largest absolute Gasteiger partial charge is 0.348 e. The summed E-state index contributed by atoms with van der Waals surface area (Å²) < 4.78 is 26.9. The number of hydrogen-bond donors (Lipinski definition) is 1. The topological polar surface area (TPSA) is 69.7 Å². The van der Waals surface area contributed by atoms with Crippen molar-refractivity contribution in [3.05, 3.63) is 70.3 Å². The average molecular weight is 444 g/mol. The van der Waals surface area contributed by atoms with Crippen LogP contribution in [0.2, 0.25) is 0 Å². The maximum Gasteiger partial charge on any atom is 0.251 e. The predicted molar refractivity (Wildman–Crippen MR) is 125 cm³/mol. The van der Waals surface area contributed by atoms with E-state index in [-0.39, 0.29) is 11.7 Å². The molecule has 1 amide bonds. The Kier molecular flexibility index (Phi) is 7.86. The second-order valence-electron chi connectivity index (χ2n) is 8.15. The Morgan fingerprint density at radius 2 is 1.55 bits per heavy atom. The molecule has 2 aromatic rings. The van der Waals surface area contributed by atoms with E-state index in [0.717, 1.165) is 31.5 Å². The standard InChI is InChI=1S/C24H33N3O3S/c1-4-19-6-9-21(5-2)23(16-19)17-25-24(28)22-10-7-20(8-11-22)18-31(29,30)27-14-12-26(3)13-15-27/h6-11,16H,4-5,12-15,17-18H2,1-3H3,(H,25,28). The molecule has 1 aliphatic rings. The number of piperazine rings is 1. The van der Waals surface area contributed by atoms with Gasteiger partial charge >= 0.3 is 0 Å². The van der Waals surface area contributed by atoms with Gasteiger partial charge in [-0.15, -0.1) is 0 Å². The molecule has 0 saturated carbocycles. The molecule has 0 spiro atoms. The molecule has 1 saturated heterocycles. The van der Waals surface area contributed by atoms with Crippen LogP contribution in [0.4, 0.5) is 0 Å². The number of carbonyl (C=O) groups excluding carboxylic acids is 1. The molecule has 0 aliphatic carbocycles. The highest BCUT2D eigenvalue weighted by Crippen LogP contribution is 2.16. The molecular weight excluding hydrogens is 410 g/mol. The Morgan fingerprint density at radius 3 is 2.16 bits per heavy atom. The summed E-state index contributed by atoms with van der Waals surface area (Å²) >= 11 is 0. The van der Waals surface area contributed by atoms with Crippen LogP contribution in [-0.4, -0.2) is 56.8 Å². The first-order chi connectivity index (χ1) is 14.8. The van der Waals surface area contributed by atoms with E-state index >= 15 is 0 Å². The summed E-state index contributed by atoms with van der Waals surface area (Å²) in [5, 5.41) is 2.99. The third kappa shape index (κ3) is 6.15. The van der Waals surface area contributed by atoms with Crippen LogP contribution >= 0.6 is 0 Å². The molecule has 3 rings (SSSR count). The third-order valence-electron chi connectivity index (χ3n) is 5.92. The molecule has 0 unspecified atom stereocenters. The number of hydrogen-bond acceptors (Lipinski definition) is 4. The first kappa shape index (κ1) is 23.4. The minimum atomic E-state index is -3.35. The highest BCUT2D eigenvalue weighted by atomic mass is 32.2. The van der Waals surface area contributed by atoms with Gasteiger partial charge in [-0.3, -0.25) is 4.79 Å². The summed E-state index contributed by atoms with van der Waals surface area (Å²) in [5.41, 5.74) is 4.87. The summed E-state index contributed by atoms with van der Waals surface area (Å²) in [5.74, 6) is -0.195. The van der Waals surface area contributed by atoms with Gasteiger partial charge in [-0.1, -0.05) is 44.2 Å². The van der Waals surface area contributed by atoms with Crippen molar-refractivity contribution in [2.24, 2.45) is 0 Å². The minimum Gasteiger partial charge on any atom is -0.348 e. The predicted octanol–water partition coefficient (Wildman–Crippen LogP) is 2.82. The Balaban J connectivity index is 1.60. The SMILES string of the molecule is CCc1ccc(CC)c(CNC(=O)c2ccc(CS(=O)(=O)N3CCN(C)CC3)cc2)c1. The van der Waals surface area contributed by atoms with Gasteiger partial charge in [0.05, 0.1) is 5.75 Å². The smallest absolute Gasteiger partial charge is 0.251 e. The maximum absolute atomic E-state index is 12.7. The first-order valence-corrected chi connectivity index (χ1v) is 12.6. The van der Waals surface area contributed by atoms with Crippen LogP contribution in [0, 0.1) is 0 Å². The van der Waals surface area contributed by atoms with E-state index in [1.54, 1.807) is 28.6 Å². The van der Waals surface area contributed by atoms with Crippen LogP contribution in [0.3, 0.4) is 0 Å². The lowest BCUT2D eigenvalue weighted by Gasteiger charge is -2.31. The number of nitrogens with one attached hydrogen (secondary N) is 1. The fourth-order valence-corrected chi connectivity index (χ4v) is 5.32. The van der Waals surface area contributed by atoms with E-state index in [1.807, 2.05) is 7.05 Å². The van der Waals surface area contributed by atoms with E-state index < -0.39 is 10.0 Å². The van der Waals surface area contributed by atoms with Crippen molar-refractivity contribution in [3.63, 3.8) is 0 Å². The van der Waals surface area contributed by atoms with Gasteiger partial charge in [-0.05, 0) is 54.3 Å². The summed E-state index contributed by atoms with van der Waals surface area (Å²) in [6, 6.07) is 13.3. The highest BCUT2D eigenvalue weighted by Gasteiger charge is 2.25. The number of sulfonamides is 1. The number of aryl methyl sites for hydroxylation is 2. The zero-order valence-electron chi connectivity index (χ0n) is 18.7. The van der Waals surface area contributed by atoms with Gasteiger partial charge in [0.25, 0.3) is 5.91 Å². The number of likely N-dealkylation sites (N-methyl/N-ethyl adjacent to an activating group) is 1. The van der Waals surface area contributed by atoms with Crippen molar-refractivity contribution in [1.82, 2.24) is 14.5 Å². The summed E-state index contributed by atoms with van der Waals surface area (Å²) in [6.45, 7) is 7.26. The quantitative estimate of drug-likeness (QED) is 0.681. The van der Waals surface area contributed by atoms with Crippen LogP contribution in [0.25, 0.3) is 0 Å². The second-order valence-corrected chi connectivity index (χ2v) is 10.1. The molecule has 1 heterocycles. The third-order valence-corrected chi connectivity index (χ3v) is 7.77. The molecule has 2 aromatic carbocycles. The molecule has 7 heteroatoms. The van der Waals surface area contributed by atoms with Gasteiger partial charge in [0, 0.05) is 38.3 Å². The number of carbonyl (C=O) groups is 1. The minimum absolute atomic E-state index is 0.0394. The van der Waals surface area contributed by atoms with Crippen LogP contribution in [0.5, 0.6) is 0 Å². The van der Waals surface area contributed by atoms with E-state index in [9.17, 15) is 13.2 Å². The zero-order chi connectivity index (χ0) is 22.4. The summed E-state index contributed by atoms with van der Waals surface area (Å²) in [6.07, 6.45) is 1.88. The molecule has 1 aliphatic heterocycles. The fraction of sp³-hybridized carbons (Fsp3) is 0.458.